The highest BCUT2D eigenvalue weighted by Gasteiger charge is 2.30. The molecule has 2 aromatic rings. The molecule has 0 unspecified atom stereocenters. The Morgan fingerprint density at radius 2 is 1.74 bits per heavy atom. The number of hydrogen-bond donors (Lipinski definition) is 1. The molecule has 1 aliphatic rings. The minimum atomic E-state index is -0.700. The number of carboxylic acids is 1. The van der Waals surface area contributed by atoms with Gasteiger partial charge in [-0.1, -0.05) is 53.6 Å². The Morgan fingerprint density at radius 1 is 1.09 bits per heavy atom. The number of nitrogens with zero attached hydrogens (tertiary/aromatic N) is 1. The van der Waals surface area contributed by atoms with Crippen LogP contribution >= 0.6 is 0 Å². The molecule has 0 aromatic heterocycles. The predicted molar refractivity (Wildman–Crippen MR) is 92.4 cm³/mol. The molecule has 2 aromatic carbocycles. The molecule has 0 bridgehead atoms. The van der Waals surface area contributed by atoms with E-state index in [2.05, 4.69) is 61.2 Å². The standard InChI is InChI=1S/C20H23NO2/c1-14-10-15(2)12-18(11-14)17-7-5-16(6-8-17)13-21-9-3-4-19(21)20(22)23/h5-8,10-12,19H,3-4,9,13H2,1-2H3,(H,22,23)/t19-/m0/s1. The Balaban J connectivity index is 1.76. The summed E-state index contributed by atoms with van der Waals surface area (Å²) in [5.74, 6) is -0.700. The average molecular weight is 309 g/mol. The average Bonchev–Trinajstić information content (AvgIpc) is 2.95. The first-order valence-corrected chi connectivity index (χ1v) is 8.17. The molecule has 0 radical (unpaired) electrons. The summed E-state index contributed by atoms with van der Waals surface area (Å²) in [6, 6.07) is 14.7. The molecule has 120 valence electrons. The van der Waals surface area contributed by atoms with Gasteiger partial charge in [0.15, 0.2) is 0 Å². The van der Waals surface area contributed by atoms with Crippen molar-refractivity contribution in [1.82, 2.24) is 4.90 Å². The Labute approximate surface area is 137 Å². The fraction of sp³-hybridized carbons (Fsp3) is 0.350. The number of likely N-dealkylation sites (tertiary alicyclic amines) is 1. The fourth-order valence-corrected chi connectivity index (χ4v) is 3.47. The second-order valence-electron chi connectivity index (χ2n) is 6.54. The van der Waals surface area contributed by atoms with Crippen molar-refractivity contribution in [3.63, 3.8) is 0 Å². The van der Waals surface area contributed by atoms with E-state index in [9.17, 15) is 9.90 Å². The van der Waals surface area contributed by atoms with Gasteiger partial charge in [-0.15, -0.1) is 0 Å². The lowest BCUT2D eigenvalue weighted by Crippen LogP contribution is -2.35. The normalized spacial score (nSPS) is 18.3. The van der Waals surface area contributed by atoms with Crippen molar-refractivity contribution in [2.75, 3.05) is 6.54 Å². The van der Waals surface area contributed by atoms with Crippen LogP contribution in [0.25, 0.3) is 11.1 Å². The van der Waals surface area contributed by atoms with E-state index in [1.54, 1.807) is 0 Å². The summed E-state index contributed by atoms with van der Waals surface area (Å²) in [6.07, 6.45) is 1.73. The fourth-order valence-electron chi connectivity index (χ4n) is 3.47. The van der Waals surface area contributed by atoms with Gasteiger partial charge in [-0.05, 0) is 49.9 Å². The maximum atomic E-state index is 11.3. The van der Waals surface area contributed by atoms with Gasteiger partial charge in [0.1, 0.15) is 6.04 Å². The first kappa shape index (κ1) is 15.8. The van der Waals surface area contributed by atoms with Crippen LogP contribution < -0.4 is 0 Å². The van der Waals surface area contributed by atoms with Gasteiger partial charge >= 0.3 is 5.97 Å². The van der Waals surface area contributed by atoms with Crippen molar-refractivity contribution >= 4 is 5.97 Å². The van der Waals surface area contributed by atoms with Crippen LogP contribution in [0.15, 0.2) is 42.5 Å². The topological polar surface area (TPSA) is 40.5 Å². The van der Waals surface area contributed by atoms with E-state index in [0.29, 0.717) is 6.54 Å². The molecule has 23 heavy (non-hydrogen) atoms. The minimum Gasteiger partial charge on any atom is -0.480 e. The highest BCUT2D eigenvalue weighted by atomic mass is 16.4. The number of rotatable bonds is 4. The van der Waals surface area contributed by atoms with E-state index in [1.807, 2.05) is 0 Å². The molecule has 3 heteroatoms. The van der Waals surface area contributed by atoms with Crippen LogP contribution in [0, 0.1) is 13.8 Å². The number of aryl methyl sites for hydroxylation is 2. The Hall–Kier alpha value is -2.13. The number of benzene rings is 2. The lowest BCUT2D eigenvalue weighted by atomic mass is 9.99. The zero-order valence-electron chi connectivity index (χ0n) is 13.7. The molecular formula is C20H23NO2. The first-order valence-electron chi connectivity index (χ1n) is 8.17. The molecule has 1 aliphatic heterocycles. The van der Waals surface area contributed by atoms with Gasteiger partial charge in [-0.2, -0.15) is 0 Å². The first-order chi connectivity index (χ1) is 11.0. The predicted octanol–water partition coefficient (Wildman–Crippen LogP) is 4.02. The summed E-state index contributed by atoms with van der Waals surface area (Å²) in [5.41, 5.74) is 6.15. The highest BCUT2D eigenvalue weighted by Crippen LogP contribution is 2.24. The molecule has 3 rings (SSSR count). The monoisotopic (exact) mass is 309 g/mol. The number of carbonyl (C=O) groups is 1. The SMILES string of the molecule is Cc1cc(C)cc(-c2ccc(CN3CCC[C@H]3C(=O)O)cc2)c1. The van der Waals surface area contributed by atoms with Crippen molar-refractivity contribution < 1.29 is 9.90 Å². The maximum Gasteiger partial charge on any atom is 0.320 e. The van der Waals surface area contributed by atoms with Crippen molar-refractivity contribution in [1.29, 1.82) is 0 Å². The van der Waals surface area contributed by atoms with Crippen molar-refractivity contribution in [3.8, 4) is 11.1 Å². The van der Waals surface area contributed by atoms with Crippen LogP contribution in [0.2, 0.25) is 0 Å². The third-order valence-corrected chi connectivity index (χ3v) is 4.54. The van der Waals surface area contributed by atoms with Gasteiger partial charge in [0.25, 0.3) is 0 Å². The lowest BCUT2D eigenvalue weighted by molar-refractivity contribution is -0.142. The minimum absolute atomic E-state index is 0.325. The van der Waals surface area contributed by atoms with E-state index in [1.165, 1.54) is 27.8 Å². The number of carboxylic acid groups (broad SMARTS) is 1. The summed E-state index contributed by atoms with van der Waals surface area (Å²) in [4.78, 5) is 13.3. The van der Waals surface area contributed by atoms with E-state index >= 15 is 0 Å². The molecule has 3 nitrogen and oxygen atoms in total. The van der Waals surface area contributed by atoms with E-state index < -0.39 is 5.97 Å². The largest absolute Gasteiger partial charge is 0.480 e. The van der Waals surface area contributed by atoms with Gasteiger partial charge in [0.05, 0.1) is 0 Å². The zero-order chi connectivity index (χ0) is 16.4. The zero-order valence-corrected chi connectivity index (χ0v) is 13.7. The van der Waals surface area contributed by atoms with Crippen LogP contribution in [0.4, 0.5) is 0 Å². The van der Waals surface area contributed by atoms with E-state index in [-0.39, 0.29) is 6.04 Å². The molecule has 0 saturated carbocycles. The lowest BCUT2D eigenvalue weighted by Gasteiger charge is -2.21. The smallest absolute Gasteiger partial charge is 0.320 e. The number of aliphatic carboxylic acids is 1. The Kier molecular flexibility index (Phi) is 4.49. The molecule has 0 amide bonds. The Morgan fingerprint density at radius 3 is 2.35 bits per heavy atom. The summed E-state index contributed by atoms with van der Waals surface area (Å²) in [5, 5.41) is 9.26. The molecule has 0 spiro atoms. The van der Waals surface area contributed by atoms with Gasteiger partial charge in [-0.3, -0.25) is 9.69 Å². The molecule has 1 atom stereocenters. The van der Waals surface area contributed by atoms with Gasteiger partial charge in [0.2, 0.25) is 0 Å². The van der Waals surface area contributed by atoms with Crippen LogP contribution in [-0.4, -0.2) is 28.6 Å². The number of hydrogen-bond acceptors (Lipinski definition) is 2. The molecular weight excluding hydrogens is 286 g/mol. The van der Waals surface area contributed by atoms with Gasteiger partial charge < -0.3 is 5.11 Å². The summed E-state index contributed by atoms with van der Waals surface area (Å²) in [7, 11) is 0. The third kappa shape index (κ3) is 3.62. The van der Waals surface area contributed by atoms with E-state index in [0.717, 1.165) is 19.4 Å². The van der Waals surface area contributed by atoms with Crippen LogP contribution in [0.5, 0.6) is 0 Å². The van der Waals surface area contributed by atoms with Gasteiger partial charge in [0, 0.05) is 6.54 Å². The molecule has 1 saturated heterocycles. The van der Waals surface area contributed by atoms with Crippen LogP contribution in [-0.2, 0) is 11.3 Å². The van der Waals surface area contributed by atoms with Crippen molar-refractivity contribution in [3.05, 3.63) is 59.2 Å². The highest BCUT2D eigenvalue weighted by molar-refractivity contribution is 5.73. The second kappa shape index (κ2) is 6.55. The second-order valence-corrected chi connectivity index (χ2v) is 6.54. The summed E-state index contributed by atoms with van der Waals surface area (Å²) < 4.78 is 0. The third-order valence-electron chi connectivity index (χ3n) is 4.54. The summed E-state index contributed by atoms with van der Waals surface area (Å²) in [6.45, 7) is 5.81. The van der Waals surface area contributed by atoms with Crippen molar-refractivity contribution in [2.45, 2.75) is 39.3 Å². The maximum absolute atomic E-state index is 11.3. The molecule has 0 aliphatic carbocycles. The molecule has 1 N–H and O–H groups in total. The molecule has 1 heterocycles. The van der Waals surface area contributed by atoms with Crippen molar-refractivity contribution in [2.24, 2.45) is 0 Å². The quantitative estimate of drug-likeness (QED) is 0.927. The Bertz CT molecular complexity index is 686. The van der Waals surface area contributed by atoms with Gasteiger partial charge in [-0.25, -0.2) is 0 Å². The molecule has 1 fully saturated rings. The summed E-state index contributed by atoms with van der Waals surface area (Å²) >= 11 is 0. The van der Waals surface area contributed by atoms with E-state index in [4.69, 9.17) is 0 Å². The van der Waals surface area contributed by atoms with Crippen LogP contribution in [0.1, 0.15) is 29.5 Å². The van der Waals surface area contributed by atoms with Crippen LogP contribution in [0.3, 0.4) is 0 Å².